The molecule has 16 heavy (non-hydrogen) atoms. The summed E-state index contributed by atoms with van der Waals surface area (Å²) in [6.07, 6.45) is 0. The van der Waals surface area contributed by atoms with Crippen LogP contribution < -0.4 is 16.4 Å². The lowest BCUT2D eigenvalue weighted by molar-refractivity contribution is 0.0924. The molecule has 5 heteroatoms. The first kappa shape index (κ1) is 10.6. The molecular weight excluding hydrogens is 206 g/mol. The van der Waals surface area contributed by atoms with Crippen molar-refractivity contribution in [3.63, 3.8) is 0 Å². The van der Waals surface area contributed by atoms with Gasteiger partial charge in [-0.2, -0.15) is 0 Å². The van der Waals surface area contributed by atoms with Gasteiger partial charge < -0.3 is 16.4 Å². The largest absolute Gasteiger partial charge is 0.366 e. The molecule has 1 aliphatic rings. The number of hydrogen-bond donors (Lipinski definition) is 3. The Morgan fingerprint density at radius 2 is 2.00 bits per heavy atom. The maximum absolute atomic E-state index is 11.7. The number of hydrogen-bond acceptors (Lipinski definition) is 3. The molecule has 1 aromatic rings. The third-order valence-electron chi connectivity index (χ3n) is 2.53. The van der Waals surface area contributed by atoms with Gasteiger partial charge in [0.25, 0.3) is 5.91 Å². The smallest absolute Gasteiger partial charge is 0.251 e. The third-order valence-corrected chi connectivity index (χ3v) is 2.53. The van der Waals surface area contributed by atoms with E-state index in [-0.39, 0.29) is 11.9 Å². The van der Waals surface area contributed by atoms with Crippen LogP contribution in [0.25, 0.3) is 0 Å². The highest BCUT2D eigenvalue weighted by Gasteiger charge is 2.19. The van der Waals surface area contributed by atoms with Gasteiger partial charge >= 0.3 is 0 Å². The van der Waals surface area contributed by atoms with Crippen LogP contribution in [0.2, 0.25) is 0 Å². The van der Waals surface area contributed by atoms with Crippen molar-refractivity contribution in [3.05, 3.63) is 35.4 Å². The number of nitrogens with one attached hydrogen (secondary N) is 2. The van der Waals surface area contributed by atoms with Gasteiger partial charge in [-0.3, -0.25) is 9.59 Å². The molecule has 2 amide bonds. The molecule has 0 unspecified atom stereocenters. The summed E-state index contributed by atoms with van der Waals surface area (Å²) in [6.45, 7) is 1.59. The number of nitrogens with two attached hydrogens (primary N) is 1. The number of rotatable bonds is 3. The van der Waals surface area contributed by atoms with E-state index in [1.807, 2.05) is 0 Å². The molecule has 0 bridgehead atoms. The van der Waals surface area contributed by atoms with Crippen LogP contribution in [0.3, 0.4) is 0 Å². The van der Waals surface area contributed by atoms with Crippen molar-refractivity contribution >= 4 is 11.8 Å². The number of carbonyl (C=O) groups is 2. The zero-order valence-corrected chi connectivity index (χ0v) is 8.69. The Morgan fingerprint density at radius 1 is 1.31 bits per heavy atom. The van der Waals surface area contributed by atoms with Crippen LogP contribution in [0, 0.1) is 0 Å². The Hall–Kier alpha value is -1.88. The summed E-state index contributed by atoms with van der Waals surface area (Å²) in [5, 5.41) is 5.90. The van der Waals surface area contributed by atoms with E-state index in [1.54, 1.807) is 18.2 Å². The molecule has 2 rings (SSSR count). The fraction of sp³-hybridized carbons (Fsp3) is 0.273. The molecule has 1 saturated heterocycles. The molecule has 84 valence electrons. The van der Waals surface area contributed by atoms with Crippen molar-refractivity contribution in [2.75, 3.05) is 13.1 Å². The molecule has 1 aliphatic heterocycles. The molecule has 0 saturated carbocycles. The average Bonchev–Trinajstić information content (AvgIpc) is 2.23. The second-order valence-electron chi connectivity index (χ2n) is 3.77. The molecule has 1 heterocycles. The maximum atomic E-state index is 11.7. The van der Waals surface area contributed by atoms with Crippen molar-refractivity contribution in [1.82, 2.24) is 10.6 Å². The van der Waals surface area contributed by atoms with E-state index in [4.69, 9.17) is 5.73 Å². The minimum atomic E-state index is -0.528. The lowest BCUT2D eigenvalue weighted by atomic mass is 10.1. The Kier molecular flexibility index (Phi) is 2.87. The van der Waals surface area contributed by atoms with Gasteiger partial charge in [0, 0.05) is 24.2 Å². The molecule has 4 N–H and O–H groups in total. The predicted octanol–water partition coefficient (Wildman–Crippen LogP) is -0.513. The summed E-state index contributed by atoms with van der Waals surface area (Å²) in [5.74, 6) is -0.699. The maximum Gasteiger partial charge on any atom is 0.251 e. The van der Waals surface area contributed by atoms with E-state index in [0.717, 1.165) is 13.1 Å². The van der Waals surface area contributed by atoms with Crippen molar-refractivity contribution in [2.24, 2.45) is 5.73 Å². The Bertz CT molecular complexity index is 427. The van der Waals surface area contributed by atoms with E-state index >= 15 is 0 Å². The average molecular weight is 219 g/mol. The zero-order valence-electron chi connectivity index (χ0n) is 8.69. The number of amides is 2. The molecule has 0 aromatic heterocycles. The minimum Gasteiger partial charge on any atom is -0.366 e. The number of carbonyl (C=O) groups excluding carboxylic acids is 2. The first-order valence-electron chi connectivity index (χ1n) is 5.08. The molecular formula is C11H13N3O2. The molecule has 0 atom stereocenters. The SMILES string of the molecule is NC(=O)c1cccc(C(=O)NC2CNC2)c1. The normalized spacial score (nSPS) is 15.2. The summed E-state index contributed by atoms with van der Waals surface area (Å²) >= 11 is 0. The molecule has 0 spiro atoms. The summed E-state index contributed by atoms with van der Waals surface area (Å²) in [7, 11) is 0. The summed E-state index contributed by atoms with van der Waals surface area (Å²) in [4.78, 5) is 22.7. The van der Waals surface area contributed by atoms with Crippen molar-refractivity contribution in [2.45, 2.75) is 6.04 Å². The monoisotopic (exact) mass is 219 g/mol. The van der Waals surface area contributed by atoms with Crippen molar-refractivity contribution < 1.29 is 9.59 Å². The molecule has 1 aromatic carbocycles. The topological polar surface area (TPSA) is 84.2 Å². The zero-order chi connectivity index (χ0) is 11.5. The predicted molar refractivity (Wildman–Crippen MR) is 59.1 cm³/mol. The summed E-state index contributed by atoms with van der Waals surface area (Å²) in [6, 6.07) is 6.58. The van der Waals surface area contributed by atoms with Crippen LogP contribution in [0.4, 0.5) is 0 Å². The van der Waals surface area contributed by atoms with Gasteiger partial charge in [-0.25, -0.2) is 0 Å². The van der Waals surface area contributed by atoms with E-state index in [2.05, 4.69) is 10.6 Å². The van der Waals surface area contributed by atoms with Gasteiger partial charge in [0.15, 0.2) is 0 Å². The summed E-state index contributed by atoms with van der Waals surface area (Å²) in [5.41, 5.74) is 5.95. The number of primary amides is 1. The van der Waals surface area contributed by atoms with E-state index < -0.39 is 5.91 Å². The van der Waals surface area contributed by atoms with E-state index in [9.17, 15) is 9.59 Å². The van der Waals surface area contributed by atoms with Gasteiger partial charge in [0.1, 0.15) is 0 Å². The molecule has 1 fully saturated rings. The molecule has 5 nitrogen and oxygen atoms in total. The van der Waals surface area contributed by atoms with Gasteiger partial charge in [0.2, 0.25) is 5.91 Å². The molecule has 0 radical (unpaired) electrons. The van der Waals surface area contributed by atoms with Crippen molar-refractivity contribution in [1.29, 1.82) is 0 Å². The quantitative estimate of drug-likeness (QED) is 0.640. The van der Waals surface area contributed by atoms with Crippen LogP contribution in [0.15, 0.2) is 24.3 Å². The third kappa shape index (κ3) is 2.20. The first-order chi connectivity index (χ1) is 7.66. The van der Waals surface area contributed by atoms with Gasteiger partial charge in [-0.05, 0) is 18.2 Å². The Balaban J connectivity index is 2.09. The second-order valence-corrected chi connectivity index (χ2v) is 3.77. The second kappa shape index (κ2) is 4.32. The molecule has 0 aliphatic carbocycles. The summed E-state index contributed by atoms with van der Waals surface area (Å²) < 4.78 is 0. The highest BCUT2D eigenvalue weighted by Crippen LogP contribution is 2.05. The fourth-order valence-corrected chi connectivity index (χ4v) is 1.47. The van der Waals surface area contributed by atoms with E-state index in [1.165, 1.54) is 6.07 Å². The fourth-order valence-electron chi connectivity index (χ4n) is 1.47. The van der Waals surface area contributed by atoms with Crippen LogP contribution in [-0.2, 0) is 0 Å². The Morgan fingerprint density at radius 3 is 2.56 bits per heavy atom. The van der Waals surface area contributed by atoms with Gasteiger partial charge in [-0.1, -0.05) is 6.07 Å². The Labute approximate surface area is 93.0 Å². The minimum absolute atomic E-state index is 0.172. The lowest BCUT2D eigenvalue weighted by Gasteiger charge is -2.27. The first-order valence-corrected chi connectivity index (χ1v) is 5.08. The van der Waals surface area contributed by atoms with Crippen LogP contribution in [0.5, 0.6) is 0 Å². The van der Waals surface area contributed by atoms with Gasteiger partial charge in [0.05, 0.1) is 6.04 Å². The number of benzene rings is 1. The van der Waals surface area contributed by atoms with E-state index in [0.29, 0.717) is 11.1 Å². The standard InChI is InChI=1S/C11H13N3O2/c12-10(15)7-2-1-3-8(4-7)11(16)14-9-5-13-6-9/h1-4,9,13H,5-6H2,(H2,12,15)(H,14,16). The highest BCUT2D eigenvalue weighted by molar-refractivity contribution is 5.99. The van der Waals surface area contributed by atoms with Crippen LogP contribution >= 0.6 is 0 Å². The van der Waals surface area contributed by atoms with Crippen LogP contribution in [-0.4, -0.2) is 30.9 Å². The van der Waals surface area contributed by atoms with Gasteiger partial charge in [-0.15, -0.1) is 0 Å². The van der Waals surface area contributed by atoms with Crippen molar-refractivity contribution in [3.8, 4) is 0 Å². The highest BCUT2D eigenvalue weighted by atomic mass is 16.2. The van der Waals surface area contributed by atoms with Crippen LogP contribution in [0.1, 0.15) is 20.7 Å². The lowest BCUT2D eigenvalue weighted by Crippen LogP contribution is -2.56.